The lowest BCUT2D eigenvalue weighted by molar-refractivity contribution is 0.0207. The molecule has 0 aromatic carbocycles. The standard InChI is InChI=1S/C35H70N4O8S/c1-11-12-13-14-15-16-17-20-29-48(43,44)37-24-22-28-39(32(42)47-35(8,9)10)26-19-18-25-38(31(41)46-34(5,6)7)27-21-23-36-30(40)45-33(2,3)4/h37H,11-29H2,1-10H3,(H,36,40). The highest BCUT2D eigenvalue weighted by atomic mass is 32.2. The molecule has 0 bridgehead atoms. The molecule has 3 amide bonds. The minimum absolute atomic E-state index is 0.114. The van der Waals surface area contributed by atoms with Crippen LogP contribution in [0.15, 0.2) is 0 Å². The van der Waals surface area contributed by atoms with E-state index in [0.29, 0.717) is 64.8 Å². The van der Waals surface area contributed by atoms with Gasteiger partial charge in [0, 0.05) is 39.3 Å². The van der Waals surface area contributed by atoms with E-state index in [2.05, 4.69) is 17.0 Å². The Morgan fingerprint density at radius 1 is 0.542 bits per heavy atom. The lowest BCUT2D eigenvalue weighted by Gasteiger charge is -2.29. The summed E-state index contributed by atoms with van der Waals surface area (Å²) in [5.74, 6) is 0.114. The molecule has 0 aliphatic rings. The van der Waals surface area contributed by atoms with E-state index in [4.69, 9.17) is 14.2 Å². The molecule has 0 radical (unpaired) electrons. The molecule has 0 heterocycles. The largest absolute Gasteiger partial charge is 0.444 e. The maximum absolute atomic E-state index is 13.0. The minimum atomic E-state index is -3.37. The van der Waals surface area contributed by atoms with Crippen LogP contribution >= 0.6 is 0 Å². The zero-order valence-electron chi connectivity index (χ0n) is 32.0. The minimum Gasteiger partial charge on any atom is -0.444 e. The summed E-state index contributed by atoms with van der Waals surface area (Å²) in [6.07, 6.45) is 9.45. The Bertz CT molecular complexity index is 1020. The van der Waals surface area contributed by atoms with Crippen molar-refractivity contribution in [3.63, 3.8) is 0 Å². The topological polar surface area (TPSA) is 144 Å². The molecule has 0 aromatic heterocycles. The van der Waals surface area contributed by atoms with Crippen LogP contribution in [0.3, 0.4) is 0 Å². The molecule has 284 valence electrons. The van der Waals surface area contributed by atoms with Crippen LogP contribution in [0.2, 0.25) is 0 Å². The summed E-state index contributed by atoms with van der Waals surface area (Å²) in [4.78, 5) is 41.1. The quantitative estimate of drug-likeness (QED) is 0.0817. The zero-order valence-corrected chi connectivity index (χ0v) is 32.8. The molecule has 0 aliphatic heterocycles. The van der Waals surface area contributed by atoms with Gasteiger partial charge >= 0.3 is 18.3 Å². The first kappa shape index (κ1) is 45.7. The molecule has 0 saturated carbocycles. The smallest absolute Gasteiger partial charge is 0.410 e. The highest BCUT2D eigenvalue weighted by Crippen LogP contribution is 2.14. The number of hydrogen-bond donors (Lipinski definition) is 2. The molecular weight excluding hydrogens is 636 g/mol. The summed E-state index contributed by atoms with van der Waals surface area (Å²) in [6, 6.07) is 0. The maximum Gasteiger partial charge on any atom is 0.410 e. The Balaban J connectivity index is 4.93. The number of nitrogens with one attached hydrogen (secondary N) is 2. The van der Waals surface area contributed by atoms with E-state index in [0.717, 1.165) is 19.3 Å². The van der Waals surface area contributed by atoms with Crippen molar-refractivity contribution in [2.24, 2.45) is 0 Å². The third kappa shape index (κ3) is 27.6. The molecule has 0 spiro atoms. The molecule has 0 unspecified atom stereocenters. The van der Waals surface area contributed by atoms with Gasteiger partial charge < -0.3 is 29.3 Å². The lowest BCUT2D eigenvalue weighted by atomic mass is 10.1. The summed E-state index contributed by atoms with van der Waals surface area (Å²) in [5.41, 5.74) is -1.93. The first-order valence-electron chi connectivity index (χ1n) is 18.0. The van der Waals surface area contributed by atoms with E-state index >= 15 is 0 Å². The Morgan fingerprint density at radius 3 is 1.38 bits per heavy atom. The van der Waals surface area contributed by atoms with Crippen LogP contribution in [0.4, 0.5) is 14.4 Å². The van der Waals surface area contributed by atoms with Gasteiger partial charge in [-0.1, -0.05) is 51.9 Å². The molecule has 12 nitrogen and oxygen atoms in total. The molecular formula is C35H70N4O8S. The molecule has 13 heteroatoms. The number of hydrogen-bond acceptors (Lipinski definition) is 8. The summed E-state index contributed by atoms with van der Waals surface area (Å²) >= 11 is 0. The van der Waals surface area contributed by atoms with Gasteiger partial charge in [0.2, 0.25) is 10.0 Å². The third-order valence-corrected chi connectivity index (χ3v) is 8.35. The van der Waals surface area contributed by atoms with Gasteiger partial charge in [-0.3, -0.25) is 0 Å². The van der Waals surface area contributed by atoms with Crippen LogP contribution < -0.4 is 10.0 Å². The Hall–Kier alpha value is -2.28. The molecule has 0 aromatic rings. The summed E-state index contributed by atoms with van der Waals surface area (Å²) in [6.45, 7) is 20.5. The molecule has 0 fully saturated rings. The highest BCUT2D eigenvalue weighted by Gasteiger charge is 2.24. The van der Waals surface area contributed by atoms with Crippen LogP contribution in [-0.2, 0) is 24.2 Å². The Kier molecular flexibility index (Phi) is 22.1. The molecule has 0 rings (SSSR count). The Morgan fingerprint density at radius 2 is 0.938 bits per heavy atom. The van der Waals surface area contributed by atoms with Crippen molar-refractivity contribution < 1.29 is 37.0 Å². The van der Waals surface area contributed by atoms with E-state index in [9.17, 15) is 22.8 Å². The van der Waals surface area contributed by atoms with Gasteiger partial charge in [-0.15, -0.1) is 0 Å². The number of sulfonamides is 1. The van der Waals surface area contributed by atoms with Crippen LogP contribution in [-0.4, -0.2) is 98.3 Å². The second-order valence-corrected chi connectivity index (χ2v) is 17.4. The predicted molar refractivity (Wildman–Crippen MR) is 193 cm³/mol. The fourth-order valence-corrected chi connectivity index (χ4v) is 5.80. The Labute approximate surface area is 292 Å². The van der Waals surface area contributed by atoms with Gasteiger partial charge in [-0.25, -0.2) is 27.5 Å². The van der Waals surface area contributed by atoms with Gasteiger partial charge in [0.1, 0.15) is 16.8 Å². The van der Waals surface area contributed by atoms with Crippen LogP contribution in [0, 0.1) is 0 Å². The van der Waals surface area contributed by atoms with E-state index in [1.165, 1.54) is 25.7 Å². The van der Waals surface area contributed by atoms with Crippen LogP contribution in [0.1, 0.15) is 146 Å². The van der Waals surface area contributed by atoms with Crippen molar-refractivity contribution in [2.75, 3.05) is 45.0 Å². The van der Waals surface area contributed by atoms with Gasteiger partial charge in [-0.2, -0.15) is 0 Å². The number of nitrogens with zero attached hydrogens (tertiary/aromatic N) is 2. The molecule has 0 aliphatic carbocycles. The van der Waals surface area contributed by atoms with E-state index < -0.39 is 45.1 Å². The van der Waals surface area contributed by atoms with Crippen molar-refractivity contribution in [1.82, 2.24) is 19.8 Å². The fourth-order valence-electron chi connectivity index (χ4n) is 4.62. The SMILES string of the molecule is CCCCCCCCCCS(=O)(=O)NCCCN(CCCCN(CCCNC(=O)OC(C)(C)C)C(=O)OC(C)(C)C)C(=O)OC(C)(C)C. The van der Waals surface area contributed by atoms with Crippen molar-refractivity contribution in [1.29, 1.82) is 0 Å². The average molecular weight is 707 g/mol. The number of rotatable bonds is 23. The van der Waals surface area contributed by atoms with Crippen LogP contribution in [0.25, 0.3) is 0 Å². The number of alkyl carbamates (subject to hydrolysis) is 1. The van der Waals surface area contributed by atoms with E-state index in [-0.39, 0.29) is 12.3 Å². The predicted octanol–water partition coefficient (Wildman–Crippen LogP) is 7.61. The van der Waals surface area contributed by atoms with E-state index in [1.54, 1.807) is 51.3 Å². The van der Waals surface area contributed by atoms with Gasteiger partial charge in [-0.05, 0) is 94.4 Å². The summed E-state index contributed by atoms with van der Waals surface area (Å²) < 4.78 is 44.1. The number of carbonyl (C=O) groups is 3. The third-order valence-electron chi connectivity index (χ3n) is 6.88. The number of amides is 3. The van der Waals surface area contributed by atoms with Gasteiger partial charge in [0.25, 0.3) is 0 Å². The zero-order chi connectivity index (χ0) is 36.9. The molecule has 2 N–H and O–H groups in total. The molecule has 0 atom stereocenters. The number of ether oxygens (including phenoxy) is 3. The average Bonchev–Trinajstić information content (AvgIpc) is 2.91. The van der Waals surface area contributed by atoms with Gasteiger partial charge in [0.05, 0.1) is 5.75 Å². The number of unbranched alkanes of at least 4 members (excludes halogenated alkanes) is 8. The first-order chi connectivity index (χ1) is 22.1. The normalized spacial score (nSPS) is 12.4. The van der Waals surface area contributed by atoms with Crippen molar-refractivity contribution in [2.45, 2.75) is 163 Å². The van der Waals surface area contributed by atoms with Crippen LogP contribution in [0.5, 0.6) is 0 Å². The van der Waals surface area contributed by atoms with Crippen molar-refractivity contribution >= 4 is 28.3 Å². The maximum atomic E-state index is 13.0. The first-order valence-corrected chi connectivity index (χ1v) is 19.7. The second-order valence-electron chi connectivity index (χ2n) is 15.5. The summed E-state index contributed by atoms with van der Waals surface area (Å²) in [7, 11) is -3.37. The lowest BCUT2D eigenvalue weighted by Crippen LogP contribution is -2.41. The molecule has 48 heavy (non-hydrogen) atoms. The van der Waals surface area contributed by atoms with Gasteiger partial charge in [0.15, 0.2) is 0 Å². The summed E-state index contributed by atoms with van der Waals surface area (Å²) in [5, 5.41) is 2.71. The van der Waals surface area contributed by atoms with E-state index in [1.807, 2.05) is 20.8 Å². The second kappa shape index (κ2) is 23.2. The fraction of sp³-hybridized carbons (Fsp3) is 0.914. The monoisotopic (exact) mass is 706 g/mol. The number of carbonyl (C=O) groups excluding carboxylic acids is 3. The highest BCUT2D eigenvalue weighted by molar-refractivity contribution is 7.89. The van der Waals surface area contributed by atoms with Crippen molar-refractivity contribution in [3.8, 4) is 0 Å². The van der Waals surface area contributed by atoms with Crippen molar-refractivity contribution in [3.05, 3.63) is 0 Å². The molecule has 0 saturated heterocycles.